The van der Waals surface area contributed by atoms with E-state index in [1.807, 2.05) is 41.5 Å². The maximum Gasteiger partial charge on any atom is 0.0679 e. The maximum absolute atomic E-state index is 4.26. The first-order valence-electron chi connectivity index (χ1n) is 7.01. The van der Waals surface area contributed by atoms with Crippen molar-refractivity contribution < 1.29 is 0 Å². The molecule has 0 saturated heterocycles. The van der Waals surface area contributed by atoms with Gasteiger partial charge in [0.1, 0.15) is 0 Å². The lowest BCUT2D eigenvalue weighted by Crippen LogP contribution is -2.07. The SMILES string of the molecule is Cc1ccncc1CNc1ccccc1Cn1cccn1. The fourth-order valence-electron chi connectivity index (χ4n) is 2.27. The van der Waals surface area contributed by atoms with Crippen molar-refractivity contribution >= 4 is 5.69 Å². The number of rotatable bonds is 5. The van der Waals surface area contributed by atoms with Gasteiger partial charge in [-0.25, -0.2) is 0 Å². The molecule has 1 aromatic carbocycles. The Labute approximate surface area is 124 Å². The van der Waals surface area contributed by atoms with Gasteiger partial charge < -0.3 is 5.32 Å². The fourth-order valence-corrected chi connectivity index (χ4v) is 2.27. The van der Waals surface area contributed by atoms with Crippen molar-refractivity contribution in [2.24, 2.45) is 0 Å². The van der Waals surface area contributed by atoms with Gasteiger partial charge in [0.05, 0.1) is 6.54 Å². The lowest BCUT2D eigenvalue weighted by atomic mass is 10.1. The van der Waals surface area contributed by atoms with E-state index in [-0.39, 0.29) is 0 Å². The van der Waals surface area contributed by atoms with Crippen LogP contribution in [0.2, 0.25) is 0 Å². The minimum Gasteiger partial charge on any atom is -0.381 e. The number of hydrogen-bond donors (Lipinski definition) is 1. The number of hydrogen-bond acceptors (Lipinski definition) is 3. The van der Waals surface area contributed by atoms with Gasteiger partial charge in [-0.1, -0.05) is 18.2 Å². The predicted molar refractivity (Wildman–Crippen MR) is 84.1 cm³/mol. The van der Waals surface area contributed by atoms with Crippen molar-refractivity contribution in [3.05, 3.63) is 77.9 Å². The second-order valence-electron chi connectivity index (χ2n) is 5.02. The van der Waals surface area contributed by atoms with E-state index in [4.69, 9.17) is 0 Å². The molecule has 0 atom stereocenters. The molecule has 0 unspecified atom stereocenters. The molecule has 2 heterocycles. The van der Waals surface area contributed by atoms with Crippen LogP contribution in [-0.4, -0.2) is 14.8 Å². The van der Waals surface area contributed by atoms with Gasteiger partial charge in [-0.2, -0.15) is 5.10 Å². The molecule has 0 radical (unpaired) electrons. The Kier molecular flexibility index (Phi) is 3.96. The molecule has 0 aliphatic heterocycles. The normalized spacial score (nSPS) is 10.5. The topological polar surface area (TPSA) is 42.7 Å². The lowest BCUT2D eigenvalue weighted by Gasteiger charge is -2.13. The van der Waals surface area contributed by atoms with Gasteiger partial charge in [-0.3, -0.25) is 9.67 Å². The summed E-state index contributed by atoms with van der Waals surface area (Å²) in [4.78, 5) is 4.19. The molecule has 0 saturated carbocycles. The summed E-state index contributed by atoms with van der Waals surface area (Å²) < 4.78 is 1.93. The van der Waals surface area contributed by atoms with E-state index in [1.54, 1.807) is 6.20 Å². The molecule has 0 aliphatic carbocycles. The van der Waals surface area contributed by atoms with Crippen molar-refractivity contribution in [3.8, 4) is 0 Å². The number of pyridine rings is 1. The van der Waals surface area contributed by atoms with Crippen molar-refractivity contribution in [1.82, 2.24) is 14.8 Å². The van der Waals surface area contributed by atoms with Gasteiger partial charge in [0.25, 0.3) is 0 Å². The third kappa shape index (κ3) is 3.28. The van der Waals surface area contributed by atoms with Crippen molar-refractivity contribution in [1.29, 1.82) is 0 Å². The van der Waals surface area contributed by atoms with Crippen molar-refractivity contribution in [2.45, 2.75) is 20.0 Å². The lowest BCUT2D eigenvalue weighted by molar-refractivity contribution is 0.687. The fraction of sp³-hybridized carbons (Fsp3) is 0.176. The first-order chi connectivity index (χ1) is 10.3. The summed E-state index contributed by atoms with van der Waals surface area (Å²) in [5.41, 5.74) is 4.83. The summed E-state index contributed by atoms with van der Waals surface area (Å²) in [6, 6.07) is 12.3. The molecule has 0 amide bonds. The molecular formula is C17H18N4. The second kappa shape index (κ2) is 6.22. The average molecular weight is 278 g/mol. The predicted octanol–water partition coefficient (Wildman–Crippen LogP) is 3.25. The Morgan fingerprint density at radius 1 is 1.05 bits per heavy atom. The Bertz CT molecular complexity index is 704. The minimum atomic E-state index is 0.766. The van der Waals surface area contributed by atoms with E-state index in [0.29, 0.717) is 0 Å². The molecule has 4 heteroatoms. The summed E-state index contributed by atoms with van der Waals surface area (Å²) >= 11 is 0. The Balaban J connectivity index is 1.75. The molecule has 21 heavy (non-hydrogen) atoms. The molecule has 106 valence electrons. The van der Waals surface area contributed by atoms with Gasteiger partial charge in [-0.15, -0.1) is 0 Å². The van der Waals surface area contributed by atoms with E-state index in [9.17, 15) is 0 Å². The number of benzene rings is 1. The van der Waals surface area contributed by atoms with Gasteiger partial charge in [0.2, 0.25) is 0 Å². The zero-order valence-electron chi connectivity index (χ0n) is 12.0. The maximum atomic E-state index is 4.26. The van der Waals surface area contributed by atoms with Crippen molar-refractivity contribution in [3.63, 3.8) is 0 Å². The van der Waals surface area contributed by atoms with Crippen molar-refractivity contribution in [2.75, 3.05) is 5.32 Å². The highest BCUT2D eigenvalue weighted by Gasteiger charge is 2.04. The number of aryl methyl sites for hydroxylation is 1. The Hall–Kier alpha value is -2.62. The van der Waals surface area contributed by atoms with Gasteiger partial charge in [0.15, 0.2) is 0 Å². The van der Waals surface area contributed by atoms with Crippen LogP contribution in [-0.2, 0) is 13.1 Å². The number of nitrogens with one attached hydrogen (secondary N) is 1. The summed E-state index contributed by atoms with van der Waals surface area (Å²) in [6.45, 7) is 3.65. The molecule has 0 bridgehead atoms. The molecule has 1 N–H and O–H groups in total. The Morgan fingerprint density at radius 3 is 2.76 bits per heavy atom. The molecule has 0 spiro atoms. The third-order valence-corrected chi connectivity index (χ3v) is 3.53. The standard InChI is InChI=1S/C17H18N4/c1-14-7-9-18-11-16(14)12-19-17-6-3-2-5-15(17)13-21-10-4-8-20-21/h2-11,19H,12-13H2,1H3. The zero-order chi connectivity index (χ0) is 14.5. The number of nitrogens with zero attached hydrogens (tertiary/aromatic N) is 3. The summed E-state index contributed by atoms with van der Waals surface area (Å²) in [5.74, 6) is 0. The molecule has 3 aromatic rings. The van der Waals surface area contributed by atoms with Crippen LogP contribution in [0.15, 0.2) is 61.2 Å². The van der Waals surface area contributed by atoms with Crippen LogP contribution >= 0.6 is 0 Å². The summed E-state index contributed by atoms with van der Waals surface area (Å²) in [6.07, 6.45) is 7.51. The van der Waals surface area contributed by atoms with E-state index in [1.165, 1.54) is 16.7 Å². The number of para-hydroxylation sites is 1. The summed E-state index contributed by atoms with van der Waals surface area (Å²) in [5, 5.41) is 7.77. The van der Waals surface area contributed by atoms with Gasteiger partial charge in [-0.05, 0) is 41.8 Å². The molecule has 0 fully saturated rings. The van der Waals surface area contributed by atoms with E-state index < -0.39 is 0 Å². The smallest absolute Gasteiger partial charge is 0.0679 e. The highest BCUT2D eigenvalue weighted by molar-refractivity contribution is 5.51. The average Bonchev–Trinajstić information content (AvgIpc) is 3.01. The summed E-state index contributed by atoms with van der Waals surface area (Å²) in [7, 11) is 0. The van der Waals surface area contributed by atoms with Crippen LogP contribution in [0.25, 0.3) is 0 Å². The van der Waals surface area contributed by atoms with Crippen LogP contribution in [0.3, 0.4) is 0 Å². The van der Waals surface area contributed by atoms with E-state index in [2.05, 4.69) is 40.5 Å². The van der Waals surface area contributed by atoms with Crippen LogP contribution in [0.1, 0.15) is 16.7 Å². The van der Waals surface area contributed by atoms with Crippen LogP contribution in [0.5, 0.6) is 0 Å². The quantitative estimate of drug-likeness (QED) is 0.779. The largest absolute Gasteiger partial charge is 0.381 e. The minimum absolute atomic E-state index is 0.766. The highest BCUT2D eigenvalue weighted by Crippen LogP contribution is 2.17. The monoisotopic (exact) mass is 278 g/mol. The third-order valence-electron chi connectivity index (χ3n) is 3.53. The zero-order valence-corrected chi connectivity index (χ0v) is 12.0. The second-order valence-corrected chi connectivity index (χ2v) is 5.02. The molecule has 3 rings (SSSR count). The van der Waals surface area contributed by atoms with Crippen LogP contribution in [0.4, 0.5) is 5.69 Å². The van der Waals surface area contributed by atoms with Crippen LogP contribution in [0, 0.1) is 6.92 Å². The van der Waals surface area contributed by atoms with E-state index >= 15 is 0 Å². The van der Waals surface area contributed by atoms with E-state index in [0.717, 1.165) is 18.8 Å². The number of aromatic nitrogens is 3. The van der Waals surface area contributed by atoms with Gasteiger partial charge >= 0.3 is 0 Å². The molecule has 2 aromatic heterocycles. The molecular weight excluding hydrogens is 260 g/mol. The molecule has 4 nitrogen and oxygen atoms in total. The first-order valence-corrected chi connectivity index (χ1v) is 7.01. The molecule has 0 aliphatic rings. The number of anilines is 1. The highest BCUT2D eigenvalue weighted by atomic mass is 15.3. The Morgan fingerprint density at radius 2 is 1.95 bits per heavy atom. The van der Waals surface area contributed by atoms with Gasteiger partial charge in [0, 0.05) is 37.0 Å². The van der Waals surface area contributed by atoms with Crippen LogP contribution < -0.4 is 5.32 Å². The first kappa shape index (κ1) is 13.4.